The molecule has 0 radical (unpaired) electrons. The van der Waals surface area contributed by atoms with Crippen molar-refractivity contribution in [2.24, 2.45) is 5.92 Å². The average molecular weight is 335 g/mol. The van der Waals surface area contributed by atoms with E-state index in [-0.39, 0.29) is 19.6 Å². The minimum atomic E-state index is -1.24. The number of rotatable bonds is 9. The molecule has 6 heteroatoms. The highest BCUT2D eigenvalue weighted by molar-refractivity contribution is 5.96. The average Bonchev–Trinajstić information content (AvgIpc) is 2.58. The molecule has 0 aliphatic heterocycles. The van der Waals surface area contributed by atoms with Gasteiger partial charge >= 0.3 is 11.9 Å². The summed E-state index contributed by atoms with van der Waals surface area (Å²) in [6, 6.07) is 7.36. The van der Waals surface area contributed by atoms with Gasteiger partial charge in [-0.05, 0) is 30.5 Å². The second-order valence-electron chi connectivity index (χ2n) is 5.33. The molecule has 1 aromatic carbocycles. The highest BCUT2D eigenvalue weighted by atomic mass is 19.1. The van der Waals surface area contributed by atoms with E-state index in [1.807, 2.05) is 19.9 Å². The molecule has 130 valence electrons. The topological polar surface area (TPSA) is 76.4 Å². The Kier molecular flexibility index (Phi) is 8.48. The number of nitriles is 1. The van der Waals surface area contributed by atoms with Gasteiger partial charge in [-0.1, -0.05) is 26.0 Å². The Morgan fingerprint density at radius 1 is 1.08 bits per heavy atom. The highest BCUT2D eigenvalue weighted by Gasteiger charge is 2.38. The Hall–Kier alpha value is -2.42. The number of halogens is 1. The van der Waals surface area contributed by atoms with Crippen LogP contribution >= 0.6 is 0 Å². The molecule has 0 saturated heterocycles. The van der Waals surface area contributed by atoms with Gasteiger partial charge in [-0.3, -0.25) is 9.59 Å². The smallest absolute Gasteiger partial charge is 0.320 e. The van der Waals surface area contributed by atoms with Crippen LogP contribution in [0.5, 0.6) is 0 Å². The second kappa shape index (κ2) is 10.4. The predicted octanol–water partition coefficient (Wildman–Crippen LogP) is 3.35. The van der Waals surface area contributed by atoms with Gasteiger partial charge in [0, 0.05) is 12.3 Å². The molecule has 1 unspecified atom stereocenters. The summed E-state index contributed by atoms with van der Waals surface area (Å²) >= 11 is 0. The lowest BCUT2D eigenvalue weighted by Crippen LogP contribution is -2.33. The van der Waals surface area contributed by atoms with Crippen molar-refractivity contribution >= 4 is 11.9 Å². The maximum atomic E-state index is 13.1. The molecule has 0 N–H and O–H groups in total. The summed E-state index contributed by atoms with van der Waals surface area (Å²) in [6.45, 7) is 4.03. The monoisotopic (exact) mass is 335 g/mol. The van der Waals surface area contributed by atoms with Gasteiger partial charge in [0.15, 0.2) is 5.92 Å². The maximum absolute atomic E-state index is 13.1. The molecule has 0 aliphatic carbocycles. The van der Waals surface area contributed by atoms with Crippen LogP contribution in [0.4, 0.5) is 4.39 Å². The van der Waals surface area contributed by atoms with Crippen molar-refractivity contribution < 1.29 is 23.5 Å². The van der Waals surface area contributed by atoms with Gasteiger partial charge < -0.3 is 9.47 Å². The van der Waals surface area contributed by atoms with Gasteiger partial charge in [0.2, 0.25) is 0 Å². The van der Waals surface area contributed by atoms with E-state index < -0.39 is 29.6 Å². The molecule has 0 bridgehead atoms. The number of carbonyl (C=O) groups is 2. The number of benzene rings is 1. The molecular weight excluding hydrogens is 313 g/mol. The fourth-order valence-corrected chi connectivity index (χ4v) is 2.25. The van der Waals surface area contributed by atoms with Gasteiger partial charge in [-0.2, -0.15) is 5.26 Å². The lowest BCUT2D eigenvalue weighted by atomic mass is 9.83. The Morgan fingerprint density at radius 2 is 1.58 bits per heavy atom. The molecule has 24 heavy (non-hydrogen) atoms. The van der Waals surface area contributed by atoms with Crippen LogP contribution in [0.3, 0.4) is 0 Å². The van der Waals surface area contributed by atoms with Crippen molar-refractivity contribution in [1.82, 2.24) is 0 Å². The maximum Gasteiger partial charge on any atom is 0.320 e. The zero-order valence-electron chi connectivity index (χ0n) is 14.0. The second-order valence-corrected chi connectivity index (χ2v) is 5.33. The SMILES string of the molecule is CCCOC(=O)C(C(=O)OCCC)C(CC#N)c1ccc(F)cc1. The summed E-state index contributed by atoms with van der Waals surface area (Å²) < 4.78 is 23.3. The van der Waals surface area contributed by atoms with Crippen molar-refractivity contribution in [3.8, 4) is 6.07 Å². The number of ether oxygens (including phenoxy) is 2. The van der Waals surface area contributed by atoms with Gasteiger partial charge in [-0.25, -0.2) is 4.39 Å². The van der Waals surface area contributed by atoms with Crippen molar-refractivity contribution in [1.29, 1.82) is 5.26 Å². The van der Waals surface area contributed by atoms with E-state index in [0.29, 0.717) is 18.4 Å². The zero-order valence-corrected chi connectivity index (χ0v) is 14.0. The Balaban J connectivity index is 3.14. The molecule has 1 aromatic rings. The number of hydrogen-bond donors (Lipinski definition) is 0. The van der Waals surface area contributed by atoms with Crippen LogP contribution in [0.15, 0.2) is 24.3 Å². The first-order chi connectivity index (χ1) is 11.5. The normalized spacial score (nSPS) is 11.6. The van der Waals surface area contributed by atoms with E-state index >= 15 is 0 Å². The number of hydrogen-bond acceptors (Lipinski definition) is 5. The van der Waals surface area contributed by atoms with Crippen LogP contribution < -0.4 is 0 Å². The minimum absolute atomic E-state index is 0.0846. The quantitative estimate of drug-likeness (QED) is 0.511. The van der Waals surface area contributed by atoms with Crippen LogP contribution in [0.1, 0.15) is 44.6 Å². The van der Waals surface area contributed by atoms with Crippen LogP contribution in [0, 0.1) is 23.1 Å². The van der Waals surface area contributed by atoms with Crippen molar-refractivity contribution in [3.63, 3.8) is 0 Å². The molecule has 0 spiro atoms. The summed E-state index contributed by atoms with van der Waals surface area (Å²) in [6.07, 6.45) is 1.14. The number of nitrogens with zero attached hydrogens (tertiary/aromatic N) is 1. The molecule has 0 aromatic heterocycles. The summed E-state index contributed by atoms with van der Waals surface area (Å²) in [7, 11) is 0. The van der Waals surface area contributed by atoms with Crippen molar-refractivity contribution in [2.45, 2.75) is 39.0 Å². The summed E-state index contributed by atoms with van der Waals surface area (Å²) in [5.74, 6) is -3.87. The minimum Gasteiger partial charge on any atom is -0.465 e. The molecule has 0 heterocycles. The van der Waals surface area contributed by atoms with E-state index in [2.05, 4.69) is 0 Å². The van der Waals surface area contributed by atoms with E-state index in [1.54, 1.807) is 0 Å². The molecule has 0 fully saturated rings. The Morgan fingerprint density at radius 3 is 2.00 bits per heavy atom. The number of esters is 2. The van der Waals surface area contributed by atoms with Crippen molar-refractivity contribution in [2.75, 3.05) is 13.2 Å². The largest absolute Gasteiger partial charge is 0.465 e. The third-order valence-electron chi connectivity index (χ3n) is 3.42. The molecule has 1 atom stereocenters. The lowest BCUT2D eigenvalue weighted by molar-refractivity contribution is -0.163. The van der Waals surface area contributed by atoms with Crippen LogP contribution in [-0.2, 0) is 19.1 Å². The van der Waals surface area contributed by atoms with E-state index in [1.165, 1.54) is 24.3 Å². The zero-order chi connectivity index (χ0) is 17.9. The van der Waals surface area contributed by atoms with Gasteiger partial charge in [0.05, 0.1) is 19.3 Å². The van der Waals surface area contributed by atoms with Gasteiger partial charge in [0.25, 0.3) is 0 Å². The summed E-state index contributed by atoms with van der Waals surface area (Å²) in [5, 5.41) is 9.09. The summed E-state index contributed by atoms with van der Waals surface area (Å²) in [4.78, 5) is 24.7. The highest BCUT2D eigenvalue weighted by Crippen LogP contribution is 2.30. The lowest BCUT2D eigenvalue weighted by Gasteiger charge is -2.23. The van der Waals surface area contributed by atoms with Gasteiger partial charge in [-0.15, -0.1) is 0 Å². The fourth-order valence-electron chi connectivity index (χ4n) is 2.25. The molecule has 0 aliphatic rings. The van der Waals surface area contributed by atoms with Crippen molar-refractivity contribution in [3.05, 3.63) is 35.6 Å². The number of carbonyl (C=O) groups excluding carboxylic acids is 2. The van der Waals surface area contributed by atoms with Crippen LogP contribution in [0.25, 0.3) is 0 Å². The third-order valence-corrected chi connectivity index (χ3v) is 3.42. The molecule has 0 saturated carbocycles. The Labute approximate surface area is 141 Å². The van der Waals surface area contributed by atoms with E-state index in [9.17, 15) is 14.0 Å². The third kappa shape index (κ3) is 5.65. The first-order valence-corrected chi connectivity index (χ1v) is 8.00. The van der Waals surface area contributed by atoms with Gasteiger partial charge in [0.1, 0.15) is 5.82 Å². The van der Waals surface area contributed by atoms with Crippen LogP contribution in [-0.4, -0.2) is 25.2 Å². The fraction of sp³-hybridized carbons (Fsp3) is 0.500. The first kappa shape index (κ1) is 19.6. The van der Waals surface area contributed by atoms with E-state index in [0.717, 1.165) is 0 Å². The first-order valence-electron chi connectivity index (χ1n) is 8.00. The van der Waals surface area contributed by atoms with Crippen LogP contribution in [0.2, 0.25) is 0 Å². The standard InChI is InChI=1S/C18H22FNO4/c1-3-11-23-17(21)16(18(22)24-12-4-2)15(9-10-20)13-5-7-14(19)8-6-13/h5-8,15-16H,3-4,9,11-12H2,1-2H3. The summed E-state index contributed by atoms with van der Waals surface area (Å²) in [5.41, 5.74) is 0.518. The predicted molar refractivity (Wildman–Crippen MR) is 85.4 cm³/mol. The molecule has 0 amide bonds. The molecule has 5 nitrogen and oxygen atoms in total. The van der Waals surface area contributed by atoms with E-state index in [4.69, 9.17) is 14.7 Å². The Bertz CT molecular complexity index is 560. The molecular formula is C18H22FNO4. The molecule has 1 rings (SSSR count).